The maximum atomic E-state index is 13.7. The lowest BCUT2D eigenvalue weighted by atomic mass is 9.99. The maximum absolute atomic E-state index is 13.7. The van der Waals surface area contributed by atoms with Gasteiger partial charge in [-0.2, -0.15) is 0 Å². The van der Waals surface area contributed by atoms with Gasteiger partial charge >= 0.3 is 5.97 Å². The number of aliphatic carboxylic acids is 1. The highest BCUT2D eigenvalue weighted by Gasteiger charge is 2.55. The number of aryl methyl sites for hydroxylation is 1. The molecule has 3 aromatic heterocycles. The van der Waals surface area contributed by atoms with Gasteiger partial charge in [-0.1, -0.05) is 36.1 Å². The first-order chi connectivity index (χ1) is 22.9. The molecule has 0 spiro atoms. The third-order valence-electron chi connectivity index (χ3n) is 7.49. The van der Waals surface area contributed by atoms with Gasteiger partial charge in [-0.3, -0.25) is 28.9 Å². The molecule has 2 aliphatic heterocycles. The molecule has 6 N–H and O–H groups in total. The van der Waals surface area contributed by atoms with Crippen LogP contribution in [0.2, 0.25) is 0 Å². The van der Waals surface area contributed by atoms with Crippen LogP contribution in [0.1, 0.15) is 27.8 Å². The lowest BCUT2D eigenvalue weighted by Gasteiger charge is -2.49. The van der Waals surface area contributed by atoms with Gasteiger partial charge in [0.1, 0.15) is 45.5 Å². The highest BCUT2D eigenvalue weighted by Crippen LogP contribution is 2.41. The van der Waals surface area contributed by atoms with Crippen LogP contribution in [-0.2, 0) is 21.4 Å². The first kappa shape index (κ1) is 32.5. The number of carbonyl (C=O) groups is 4. The summed E-state index contributed by atoms with van der Waals surface area (Å²) in [6.07, 6.45) is 2.74. The number of β-lactam (4-membered cyclic amide) rings is 1. The minimum Gasteiger partial charge on any atom is -0.508 e. The molecule has 1 aromatic carbocycles. The smallest absolute Gasteiger partial charge is 0.353 e. The second-order valence-electron chi connectivity index (χ2n) is 10.3. The fourth-order valence-corrected chi connectivity index (χ4v) is 7.30. The number of aromatic amines is 2. The van der Waals surface area contributed by atoms with Crippen LogP contribution in [0.4, 0.5) is 0 Å². The molecule has 0 aliphatic carbocycles. The van der Waals surface area contributed by atoms with E-state index in [-0.39, 0.29) is 49.8 Å². The Balaban J connectivity index is 1.27. The largest absolute Gasteiger partial charge is 0.508 e. The third kappa shape index (κ3) is 5.60. The number of phenols is 1. The van der Waals surface area contributed by atoms with Crippen molar-refractivity contribution >= 4 is 75.3 Å². The summed E-state index contributed by atoms with van der Waals surface area (Å²) in [5.41, 5.74) is -2.26. The number of nitrogens with one attached hydrogen (secondary N) is 4. The number of benzene rings is 1. The van der Waals surface area contributed by atoms with Crippen molar-refractivity contribution < 1.29 is 29.4 Å². The van der Waals surface area contributed by atoms with Crippen molar-refractivity contribution in [2.24, 2.45) is 7.05 Å². The van der Waals surface area contributed by atoms with Crippen molar-refractivity contribution in [2.75, 3.05) is 12.0 Å². The second kappa shape index (κ2) is 12.7. The van der Waals surface area contributed by atoms with Crippen LogP contribution in [0.3, 0.4) is 0 Å². The number of thiocarbonyl (C=S) groups is 1. The van der Waals surface area contributed by atoms with E-state index in [0.717, 1.165) is 34.6 Å². The van der Waals surface area contributed by atoms with E-state index in [0.29, 0.717) is 0 Å². The zero-order valence-electron chi connectivity index (χ0n) is 24.6. The molecule has 246 valence electrons. The summed E-state index contributed by atoms with van der Waals surface area (Å²) in [4.78, 5) is 89.0. The number of phenolic OH excluding ortho intramolecular Hbond substituents is 1. The number of carboxylic acids is 1. The van der Waals surface area contributed by atoms with Crippen LogP contribution in [0.25, 0.3) is 11.0 Å². The predicted molar refractivity (Wildman–Crippen MR) is 173 cm³/mol. The van der Waals surface area contributed by atoms with E-state index in [4.69, 9.17) is 12.2 Å². The molecule has 2 aliphatic rings. The van der Waals surface area contributed by atoms with Crippen molar-refractivity contribution in [1.82, 2.24) is 50.7 Å². The monoisotopic (exact) mass is 710 g/mol. The Kier molecular flexibility index (Phi) is 8.57. The number of amides is 3. The number of fused-ring (bicyclic) bond motifs is 2. The highest BCUT2D eigenvalue weighted by molar-refractivity contribution is 8.00. The molecule has 4 aromatic rings. The minimum absolute atomic E-state index is 0.0394. The van der Waals surface area contributed by atoms with E-state index in [9.17, 15) is 39.0 Å². The summed E-state index contributed by atoms with van der Waals surface area (Å²) >= 11 is 7.75. The Bertz CT molecular complexity index is 2200. The summed E-state index contributed by atoms with van der Waals surface area (Å²) in [5, 5.41) is 35.0. The van der Waals surface area contributed by atoms with Gasteiger partial charge in [-0.25, -0.2) is 14.5 Å². The van der Waals surface area contributed by atoms with Crippen molar-refractivity contribution in [3.8, 4) is 5.75 Å². The average Bonchev–Trinajstić information content (AvgIpc) is 3.50. The van der Waals surface area contributed by atoms with Gasteiger partial charge in [0.05, 0.1) is 4.86 Å². The number of hydrogen-bond donors (Lipinski definition) is 6. The maximum Gasteiger partial charge on any atom is 0.353 e. The second-order valence-corrected chi connectivity index (χ2v) is 12.6. The molecule has 2 unspecified atom stereocenters. The molecule has 1 saturated heterocycles. The number of tetrazole rings is 1. The third-order valence-corrected chi connectivity index (χ3v) is 9.78. The number of nitrogens with zero attached hydrogens (tertiary/aromatic N) is 6. The molecule has 5 heterocycles. The van der Waals surface area contributed by atoms with Gasteiger partial charge in [0.25, 0.3) is 17.4 Å². The normalized spacial score (nSPS) is 17.8. The number of aromatic nitrogens is 7. The number of rotatable bonds is 9. The molecular formula is C27H22N10O8S3. The predicted octanol–water partition coefficient (Wildman–Crippen LogP) is -0.810. The molecule has 0 bridgehead atoms. The SMILES string of the molecule is CSc1nc2[nH]cc(C(=O)NC(C(=O)NC3C(=O)N4C(C(=O)O)=C(C(=S)c5nnnn5C)CS[C@@H]34)c3ccc(O)cc3)c(=O)c2c(=O)[nH]1. The lowest BCUT2D eigenvalue weighted by molar-refractivity contribution is -0.150. The van der Waals surface area contributed by atoms with Crippen LogP contribution >= 0.6 is 35.7 Å². The first-order valence-corrected chi connectivity index (χ1v) is 16.4. The molecule has 6 rings (SSSR count). The van der Waals surface area contributed by atoms with Gasteiger partial charge in [0.2, 0.25) is 11.3 Å². The quantitative estimate of drug-likeness (QED) is 0.0408. The van der Waals surface area contributed by atoms with E-state index in [1.807, 2.05) is 0 Å². The summed E-state index contributed by atoms with van der Waals surface area (Å²) in [7, 11) is 1.53. The van der Waals surface area contributed by atoms with Gasteiger partial charge < -0.3 is 30.8 Å². The van der Waals surface area contributed by atoms with Gasteiger partial charge in [-0.05, 0) is 34.4 Å². The van der Waals surface area contributed by atoms with Crippen molar-refractivity contribution in [2.45, 2.75) is 22.6 Å². The van der Waals surface area contributed by atoms with Gasteiger partial charge in [0, 0.05) is 24.6 Å². The fraction of sp³-hybridized carbons (Fsp3) is 0.222. The average molecular weight is 711 g/mol. The first-order valence-electron chi connectivity index (χ1n) is 13.7. The fourth-order valence-electron chi connectivity index (χ4n) is 5.14. The Morgan fingerprint density at radius 3 is 2.56 bits per heavy atom. The van der Waals surface area contributed by atoms with E-state index in [2.05, 4.69) is 41.1 Å². The summed E-state index contributed by atoms with van der Waals surface area (Å²) in [6.45, 7) is 0. The van der Waals surface area contributed by atoms with Crippen molar-refractivity contribution in [1.29, 1.82) is 0 Å². The molecule has 1 fully saturated rings. The van der Waals surface area contributed by atoms with Crippen LogP contribution < -0.4 is 21.6 Å². The van der Waals surface area contributed by atoms with E-state index in [1.165, 1.54) is 36.0 Å². The van der Waals surface area contributed by atoms with Gasteiger partial charge in [-0.15, -0.1) is 16.9 Å². The highest BCUT2D eigenvalue weighted by atomic mass is 32.2. The molecule has 48 heavy (non-hydrogen) atoms. The molecule has 21 heteroatoms. The molecule has 0 radical (unpaired) electrons. The van der Waals surface area contributed by atoms with Gasteiger partial charge in [0.15, 0.2) is 11.0 Å². The Labute approximate surface area is 281 Å². The topological polar surface area (TPSA) is 258 Å². The molecule has 3 atom stereocenters. The van der Waals surface area contributed by atoms with Crippen LogP contribution in [0.5, 0.6) is 5.75 Å². The van der Waals surface area contributed by atoms with E-state index in [1.54, 1.807) is 6.26 Å². The zero-order valence-corrected chi connectivity index (χ0v) is 27.0. The molecule has 18 nitrogen and oxygen atoms in total. The summed E-state index contributed by atoms with van der Waals surface area (Å²) in [5.74, 6) is -3.99. The number of thioether (sulfide) groups is 2. The number of aromatic hydroxyl groups is 1. The van der Waals surface area contributed by atoms with Crippen LogP contribution in [0, 0.1) is 0 Å². The number of H-pyrrole nitrogens is 2. The Morgan fingerprint density at radius 1 is 1.19 bits per heavy atom. The standard InChI is InChI=1S/C27H22N10O8S3/c1-36-20(33-34-35-36)18(46)12-8-48-25-15(24(43)37(25)16(12)26(44)45)30-23(42)14(9-3-5-10(38)6-4-9)29-21(40)11-7-28-19-13(17(11)39)22(41)32-27(31-19)47-2/h3-7,14-15,25,38H,8H2,1-2H3,(H,29,40)(H,30,42)(H,44,45)(H2,28,31,32,39,41)/t14?,15?,25-/m0/s1. The van der Waals surface area contributed by atoms with Crippen LogP contribution in [0.15, 0.2) is 56.5 Å². The van der Waals surface area contributed by atoms with Crippen molar-refractivity contribution in [3.05, 3.63) is 79.3 Å². The molecule has 3 amide bonds. The Morgan fingerprint density at radius 2 is 1.92 bits per heavy atom. The minimum atomic E-state index is -1.50. The molecular weight excluding hydrogens is 689 g/mol. The molecule has 0 saturated carbocycles. The summed E-state index contributed by atoms with van der Waals surface area (Å²) in [6, 6.07) is 2.56. The summed E-state index contributed by atoms with van der Waals surface area (Å²) < 4.78 is 1.27. The van der Waals surface area contributed by atoms with E-state index < -0.39 is 63.1 Å². The zero-order chi connectivity index (χ0) is 34.4. The number of hydrogen-bond acceptors (Lipinski definition) is 14. The number of carbonyl (C=O) groups excluding carboxylic acids is 3. The number of pyridine rings is 1. The van der Waals surface area contributed by atoms with E-state index >= 15 is 0 Å². The lowest BCUT2D eigenvalue weighted by Crippen LogP contribution is -2.71. The Hall–Kier alpha value is -5.41. The van der Waals surface area contributed by atoms with Crippen molar-refractivity contribution in [3.63, 3.8) is 0 Å². The van der Waals surface area contributed by atoms with Crippen LogP contribution in [-0.4, -0.2) is 102 Å². The number of carboxylic acid groups (broad SMARTS) is 1.